The predicted octanol–water partition coefficient (Wildman–Crippen LogP) is 7.33. The summed E-state index contributed by atoms with van der Waals surface area (Å²) in [6.45, 7) is 5.56. The number of aromatic nitrogens is 8. The molecule has 0 radical (unpaired) electrons. The molecule has 0 spiro atoms. The number of hydrogen-bond acceptors (Lipinski definition) is 8. The van der Waals surface area contributed by atoms with Gasteiger partial charge >= 0.3 is 11.4 Å². The molecule has 1 aromatic carbocycles. The maximum atomic E-state index is 13.3. The van der Waals surface area contributed by atoms with E-state index in [2.05, 4.69) is 28.8 Å². The summed E-state index contributed by atoms with van der Waals surface area (Å²) < 4.78 is 4.79. The lowest BCUT2D eigenvalue weighted by molar-refractivity contribution is 0.536. The second-order valence-corrected chi connectivity index (χ2v) is 14.2. The highest BCUT2D eigenvalue weighted by molar-refractivity contribution is 5.94. The Morgan fingerprint density at radius 2 is 0.941 bits per heavy atom. The quantitative estimate of drug-likeness (QED) is 0.0582. The summed E-state index contributed by atoms with van der Waals surface area (Å²) in [6, 6.07) is 3.72. The fourth-order valence-corrected chi connectivity index (χ4v) is 7.17. The molecule has 4 aliphatic rings. The number of rotatable bonds is 22. The first-order chi connectivity index (χ1) is 24.8. The summed E-state index contributed by atoms with van der Waals surface area (Å²) in [6.07, 6.45) is 23.7. The van der Waals surface area contributed by atoms with Gasteiger partial charge in [-0.1, -0.05) is 129 Å². The van der Waals surface area contributed by atoms with Gasteiger partial charge in [0.15, 0.2) is 23.0 Å². The van der Waals surface area contributed by atoms with Crippen molar-refractivity contribution in [1.29, 1.82) is 0 Å². The zero-order chi connectivity index (χ0) is 36.2. The zero-order valence-corrected chi connectivity index (χ0v) is 31.0. The van der Waals surface area contributed by atoms with Gasteiger partial charge < -0.3 is 9.13 Å². The van der Waals surface area contributed by atoms with Crippen molar-refractivity contribution in [1.82, 2.24) is 38.6 Å². The van der Waals surface area contributed by atoms with Crippen LogP contribution in [0.4, 0.5) is 0 Å². The van der Waals surface area contributed by atoms with Crippen LogP contribution in [0.2, 0.25) is 0 Å². The molecular weight excluding hydrogens is 644 g/mol. The van der Waals surface area contributed by atoms with Crippen LogP contribution in [0.15, 0.2) is 31.3 Å². The van der Waals surface area contributed by atoms with E-state index < -0.39 is 22.5 Å². The average molecular weight is 701 g/mol. The van der Waals surface area contributed by atoms with Crippen molar-refractivity contribution >= 4 is 22.1 Å². The second kappa shape index (κ2) is 18.9. The molecule has 1 N–H and O–H groups in total. The molecule has 0 aliphatic carbocycles. The number of nitrogens with one attached hydrogen (secondary N) is 1. The van der Waals surface area contributed by atoms with Gasteiger partial charge in [-0.3, -0.25) is 19.1 Å². The van der Waals surface area contributed by atoms with Gasteiger partial charge in [-0.2, -0.15) is 9.97 Å². The monoisotopic (exact) mass is 700 g/mol. The SMILES string of the molecule is CCCCCCCCCCCCn1c2nc(=O)[nH]c(=O)c-2nc2cc3c(cc21)nc1c(=O)n(C)c(=O)nc-1n3CCCCCCCCCCCC. The highest BCUT2D eigenvalue weighted by atomic mass is 16.2. The Labute approximate surface area is 299 Å². The number of nitrogens with zero attached hydrogens (tertiary/aromatic N) is 7. The Kier molecular flexibility index (Phi) is 14.1. The van der Waals surface area contributed by atoms with Crippen molar-refractivity contribution < 1.29 is 0 Å². The van der Waals surface area contributed by atoms with Gasteiger partial charge in [-0.05, 0) is 25.0 Å². The van der Waals surface area contributed by atoms with Crippen molar-refractivity contribution in [2.24, 2.45) is 7.05 Å². The van der Waals surface area contributed by atoms with Crippen LogP contribution in [0.25, 0.3) is 45.1 Å². The molecule has 0 aromatic heterocycles. The molecule has 12 heteroatoms. The fourth-order valence-electron chi connectivity index (χ4n) is 7.17. The molecule has 0 bridgehead atoms. The van der Waals surface area contributed by atoms with E-state index in [1.807, 2.05) is 21.3 Å². The predicted molar refractivity (Wildman–Crippen MR) is 204 cm³/mol. The zero-order valence-electron chi connectivity index (χ0n) is 31.0. The van der Waals surface area contributed by atoms with Crippen LogP contribution in [-0.2, 0) is 20.1 Å². The van der Waals surface area contributed by atoms with Crippen LogP contribution >= 0.6 is 0 Å². The summed E-state index contributed by atoms with van der Waals surface area (Å²) >= 11 is 0. The topological polar surface area (TPSA) is 150 Å². The molecule has 0 unspecified atom stereocenters. The van der Waals surface area contributed by atoms with Crippen LogP contribution in [0.3, 0.4) is 0 Å². The molecular formula is C39H56N8O4. The number of H-pyrrole nitrogens is 1. The normalized spacial score (nSPS) is 11.9. The summed E-state index contributed by atoms with van der Waals surface area (Å²) in [5.41, 5.74) is 0.229. The van der Waals surface area contributed by atoms with Gasteiger partial charge in [0.2, 0.25) is 0 Å². The lowest BCUT2D eigenvalue weighted by Gasteiger charge is -2.20. The van der Waals surface area contributed by atoms with Crippen molar-refractivity contribution in [3.63, 3.8) is 0 Å². The third kappa shape index (κ3) is 9.56. The summed E-state index contributed by atoms with van der Waals surface area (Å²) in [5, 5.41) is 0. The van der Waals surface area contributed by atoms with E-state index in [0.29, 0.717) is 35.2 Å². The third-order valence-corrected chi connectivity index (χ3v) is 10.2. The Hall–Kier alpha value is -4.22. The molecule has 0 amide bonds. The van der Waals surface area contributed by atoms with E-state index in [0.717, 1.165) is 43.1 Å². The van der Waals surface area contributed by atoms with E-state index in [-0.39, 0.29) is 23.0 Å². The number of aromatic amines is 1. The number of fused-ring (bicyclic) bond motifs is 4. The minimum absolute atomic E-state index is 0.0948. The van der Waals surface area contributed by atoms with Crippen molar-refractivity contribution in [2.45, 2.75) is 155 Å². The average Bonchev–Trinajstić information content (AvgIpc) is 3.11. The maximum Gasteiger partial charge on any atom is 0.352 e. The Balaban J connectivity index is 1.45. The first-order valence-electron chi connectivity index (χ1n) is 19.6. The molecule has 12 nitrogen and oxygen atoms in total. The molecule has 0 saturated heterocycles. The van der Waals surface area contributed by atoms with Gasteiger partial charge in [0.25, 0.3) is 11.1 Å². The Morgan fingerprint density at radius 1 is 0.529 bits per heavy atom. The van der Waals surface area contributed by atoms with Crippen molar-refractivity contribution in [3.8, 4) is 23.0 Å². The van der Waals surface area contributed by atoms with E-state index in [9.17, 15) is 19.2 Å². The molecule has 4 aliphatic heterocycles. The van der Waals surface area contributed by atoms with Gasteiger partial charge in [0, 0.05) is 20.1 Å². The smallest absolute Gasteiger partial charge is 0.322 e. The number of hydrogen-bond donors (Lipinski definition) is 1. The van der Waals surface area contributed by atoms with Crippen LogP contribution < -0.4 is 22.5 Å². The van der Waals surface area contributed by atoms with Crippen molar-refractivity contribution in [3.05, 3.63) is 53.8 Å². The molecule has 1 aromatic rings. The van der Waals surface area contributed by atoms with Gasteiger partial charge in [-0.15, -0.1) is 0 Å². The fraction of sp³-hybridized carbons (Fsp3) is 0.641. The van der Waals surface area contributed by atoms with Crippen molar-refractivity contribution in [2.75, 3.05) is 0 Å². The number of unbranched alkanes of at least 4 members (excludes halogenated alkanes) is 18. The Bertz CT molecular complexity index is 2060. The lowest BCUT2D eigenvalue weighted by Crippen LogP contribution is -2.36. The minimum atomic E-state index is -0.715. The molecule has 276 valence electrons. The second-order valence-electron chi connectivity index (χ2n) is 14.2. The maximum absolute atomic E-state index is 13.3. The largest absolute Gasteiger partial charge is 0.352 e. The highest BCUT2D eigenvalue weighted by Gasteiger charge is 2.23. The Morgan fingerprint density at radius 3 is 1.41 bits per heavy atom. The number of aryl methyl sites for hydroxylation is 2. The summed E-state index contributed by atoms with van der Waals surface area (Å²) in [4.78, 5) is 71.6. The molecule has 51 heavy (non-hydrogen) atoms. The molecule has 4 heterocycles. The van der Waals surface area contributed by atoms with Crippen LogP contribution in [0, 0.1) is 0 Å². The van der Waals surface area contributed by atoms with E-state index in [4.69, 9.17) is 9.97 Å². The van der Waals surface area contributed by atoms with E-state index in [1.54, 1.807) is 0 Å². The molecule has 5 rings (SSSR count). The molecule has 0 atom stereocenters. The number of benzene rings is 1. The standard InChI is InChI=1S/C39H56N8O4/c1-4-6-8-10-12-14-16-18-20-22-24-46-30-27-29-31(26-28(30)40-32-34(46)42-38(50)44-36(32)48)47(25-23-21-19-17-15-13-11-9-7-5-2)35-33(41-29)37(49)45(3)39(51)43-35/h26-27H,4-25H2,1-3H3,(H,44,48,50). The van der Waals surface area contributed by atoms with Crippen LogP contribution in [0.1, 0.15) is 142 Å². The van der Waals surface area contributed by atoms with E-state index >= 15 is 0 Å². The van der Waals surface area contributed by atoms with Gasteiger partial charge in [0.1, 0.15) is 0 Å². The first kappa shape index (κ1) is 38.0. The summed E-state index contributed by atoms with van der Waals surface area (Å²) in [7, 11) is 1.41. The first-order valence-corrected chi connectivity index (χ1v) is 19.6. The molecule has 0 fully saturated rings. The summed E-state index contributed by atoms with van der Waals surface area (Å²) in [5.74, 6) is 0.486. The van der Waals surface area contributed by atoms with E-state index in [1.165, 1.54) is 96.9 Å². The lowest BCUT2D eigenvalue weighted by atomic mass is 10.1. The molecule has 0 saturated carbocycles. The van der Waals surface area contributed by atoms with Gasteiger partial charge in [0.05, 0.1) is 22.1 Å². The minimum Gasteiger partial charge on any atom is -0.322 e. The van der Waals surface area contributed by atoms with Gasteiger partial charge in [-0.25, -0.2) is 19.6 Å². The highest BCUT2D eigenvalue weighted by Crippen LogP contribution is 2.29. The third-order valence-electron chi connectivity index (χ3n) is 10.2. The van der Waals surface area contributed by atoms with Crippen LogP contribution in [0.5, 0.6) is 0 Å². The van der Waals surface area contributed by atoms with Crippen LogP contribution in [-0.4, -0.2) is 38.6 Å².